The van der Waals surface area contributed by atoms with Crippen molar-refractivity contribution in [1.29, 1.82) is 0 Å². The van der Waals surface area contributed by atoms with Gasteiger partial charge >= 0.3 is 0 Å². The molecule has 0 bridgehead atoms. The molecule has 104 valence electrons. The van der Waals surface area contributed by atoms with Crippen molar-refractivity contribution in [1.82, 2.24) is 5.32 Å². The summed E-state index contributed by atoms with van der Waals surface area (Å²) in [5, 5.41) is 1.88. The van der Waals surface area contributed by atoms with Gasteiger partial charge in [-0.3, -0.25) is 14.9 Å². The molecule has 0 radical (unpaired) electrons. The highest BCUT2D eigenvalue weighted by Crippen LogP contribution is 2.31. The van der Waals surface area contributed by atoms with Crippen LogP contribution in [0.5, 0.6) is 11.5 Å². The normalized spacial score (nSPS) is 16.1. The fourth-order valence-corrected chi connectivity index (χ4v) is 2.54. The van der Waals surface area contributed by atoms with Gasteiger partial charge in [-0.05, 0) is 36.0 Å². The summed E-state index contributed by atoms with van der Waals surface area (Å²) in [7, 11) is 0. The first-order chi connectivity index (χ1) is 10.2. The van der Waals surface area contributed by atoms with Gasteiger partial charge in [0.1, 0.15) is 11.5 Å². The topological polar surface area (TPSA) is 55.4 Å². The highest BCUT2D eigenvalue weighted by atomic mass is 32.2. The monoisotopic (exact) mass is 297 g/mol. The van der Waals surface area contributed by atoms with Crippen molar-refractivity contribution in [2.75, 3.05) is 0 Å². The molecule has 1 N–H and O–H groups in total. The van der Waals surface area contributed by atoms with Gasteiger partial charge in [-0.15, -0.1) is 0 Å². The van der Waals surface area contributed by atoms with Gasteiger partial charge in [-0.25, -0.2) is 0 Å². The summed E-state index contributed by atoms with van der Waals surface area (Å²) in [4.78, 5) is 23.2. The molecule has 3 rings (SSSR count). The Balaban J connectivity index is 1.92. The zero-order valence-electron chi connectivity index (χ0n) is 10.9. The molecule has 0 saturated carbocycles. The van der Waals surface area contributed by atoms with E-state index < -0.39 is 0 Å². The van der Waals surface area contributed by atoms with Crippen molar-refractivity contribution >= 4 is 29.0 Å². The Kier molecular flexibility index (Phi) is 3.75. The van der Waals surface area contributed by atoms with E-state index in [1.807, 2.05) is 54.6 Å². The Hall–Kier alpha value is -2.53. The van der Waals surface area contributed by atoms with Gasteiger partial charge in [0.25, 0.3) is 11.1 Å². The molecule has 21 heavy (non-hydrogen) atoms. The summed E-state index contributed by atoms with van der Waals surface area (Å²) in [5.41, 5.74) is 0.744. The molecule has 2 aromatic carbocycles. The maximum absolute atomic E-state index is 11.6. The van der Waals surface area contributed by atoms with Crippen LogP contribution in [0.25, 0.3) is 6.08 Å². The number of rotatable bonds is 3. The molecule has 2 amide bonds. The van der Waals surface area contributed by atoms with E-state index in [0.29, 0.717) is 16.4 Å². The van der Waals surface area contributed by atoms with Crippen molar-refractivity contribution in [2.24, 2.45) is 0 Å². The lowest BCUT2D eigenvalue weighted by Crippen LogP contribution is -2.17. The summed E-state index contributed by atoms with van der Waals surface area (Å²) in [5.74, 6) is 0.964. The second-order valence-corrected chi connectivity index (χ2v) is 5.32. The van der Waals surface area contributed by atoms with E-state index in [9.17, 15) is 9.59 Å². The van der Waals surface area contributed by atoms with Crippen LogP contribution in [0.15, 0.2) is 59.5 Å². The van der Waals surface area contributed by atoms with Crippen LogP contribution in [0.3, 0.4) is 0 Å². The van der Waals surface area contributed by atoms with Gasteiger partial charge in [0.15, 0.2) is 0 Å². The van der Waals surface area contributed by atoms with Crippen LogP contribution < -0.4 is 10.1 Å². The molecular formula is C16H11NO3S. The standard InChI is InChI=1S/C16H11NO3S/c18-15-14(21-16(19)17-15)10-11-6-4-5-9-13(11)20-12-7-2-1-3-8-12/h1-10H,(H,17,18,19). The Morgan fingerprint density at radius 1 is 0.952 bits per heavy atom. The van der Waals surface area contributed by atoms with Gasteiger partial charge in [0, 0.05) is 5.56 Å². The van der Waals surface area contributed by atoms with Gasteiger partial charge in [0.2, 0.25) is 0 Å². The van der Waals surface area contributed by atoms with Crippen molar-refractivity contribution in [2.45, 2.75) is 0 Å². The molecule has 0 unspecified atom stereocenters. The third kappa shape index (κ3) is 3.14. The molecule has 4 nitrogen and oxygen atoms in total. The molecule has 0 spiro atoms. The third-order valence-corrected chi connectivity index (χ3v) is 3.63. The van der Waals surface area contributed by atoms with E-state index in [4.69, 9.17) is 4.74 Å². The zero-order chi connectivity index (χ0) is 14.7. The number of hydrogen-bond donors (Lipinski definition) is 1. The maximum Gasteiger partial charge on any atom is 0.290 e. The number of benzene rings is 2. The van der Waals surface area contributed by atoms with Crippen LogP contribution in [-0.4, -0.2) is 11.1 Å². The first-order valence-corrected chi connectivity index (χ1v) is 7.11. The fourth-order valence-electron chi connectivity index (χ4n) is 1.87. The van der Waals surface area contributed by atoms with Crippen molar-refractivity contribution in [3.63, 3.8) is 0 Å². The summed E-state index contributed by atoms with van der Waals surface area (Å²) < 4.78 is 5.81. The largest absolute Gasteiger partial charge is 0.457 e. The number of para-hydroxylation sites is 2. The molecule has 1 heterocycles. The second-order valence-electron chi connectivity index (χ2n) is 4.31. The Morgan fingerprint density at radius 2 is 1.67 bits per heavy atom. The Morgan fingerprint density at radius 3 is 2.38 bits per heavy atom. The van der Waals surface area contributed by atoms with Crippen LogP contribution in [-0.2, 0) is 4.79 Å². The Bertz CT molecular complexity index is 725. The van der Waals surface area contributed by atoms with Crippen LogP contribution in [0.4, 0.5) is 4.79 Å². The van der Waals surface area contributed by atoms with Crippen LogP contribution in [0, 0.1) is 0 Å². The number of carbonyl (C=O) groups is 2. The molecule has 0 aliphatic carbocycles. The number of ether oxygens (including phenoxy) is 1. The number of hydrogen-bond acceptors (Lipinski definition) is 4. The molecule has 0 aromatic heterocycles. The molecule has 1 aliphatic rings. The second kappa shape index (κ2) is 5.85. The molecule has 1 saturated heterocycles. The van der Waals surface area contributed by atoms with Crippen LogP contribution >= 0.6 is 11.8 Å². The third-order valence-electron chi connectivity index (χ3n) is 2.82. The van der Waals surface area contributed by atoms with Gasteiger partial charge < -0.3 is 4.74 Å². The first-order valence-electron chi connectivity index (χ1n) is 6.29. The number of nitrogens with one attached hydrogen (secondary N) is 1. The first kappa shape index (κ1) is 13.5. The minimum atomic E-state index is -0.375. The molecule has 1 aliphatic heterocycles. The molecular weight excluding hydrogens is 286 g/mol. The number of amides is 2. The lowest BCUT2D eigenvalue weighted by molar-refractivity contribution is -0.115. The fraction of sp³-hybridized carbons (Fsp3) is 0. The van der Waals surface area contributed by atoms with Gasteiger partial charge in [-0.2, -0.15) is 0 Å². The number of carbonyl (C=O) groups excluding carboxylic acids is 2. The Labute approximate surface area is 125 Å². The van der Waals surface area contributed by atoms with E-state index in [0.717, 1.165) is 17.3 Å². The van der Waals surface area contributed by atoms with Crippen molar-refractivity contribution in [3.05, 3.63) is 65.1 Å². The van der Waals surface area contributed by atoms with E-state index >= 15 is 0 Å². The lowest BCUT2D eigenvalue weighted by Gasteiger charge is -2.08. The quantitative estimate of drug-likeness (QED) is 0.875. The van der Waals surface area contributed by atoms with E-state index in [1.165, 1.54) is 0 Å². The summed E-state index contributed by atoms with van der Waals surface area (Å²) in [6.07, 6.45) is 1.66. The minimum Gasteiger partial charge on any atom is -0.457 e. The molecule has 2 aromatic rings. The van der Waals surface area contributed by atoms with Crippen molar-refractivity contribution in [3.8, 4) is 11.5 Å². The zero-order valence-corrected chi connectivity index (χ0v) is 11.7. The minimum absolute atomic E-state index is 0.354. The van der Waals surface area contributed by atoms with Gasteiger partial charge in [0.05, 0.1) is 4.91 Å². The predicted octanol–water partition coefficient (Wildman–Crippen LogP) is 3.80. The van der Waals surface area contributed by atoms with E-state index in [1.54, 1.807) is 6.08 Å². The molecule has 5 heteroatoms. The number of thioether (sulfide) groups is 1. The highest BCUT2D eigenvalue weighted by Gasteiger charge is 2.25. The summed E-state index contributed by atoms with van der Waals surface area (Å²) in [6.45, 7) is 0. The van der Waals surface area contributed by atoms with Crippen molar-refractivity contribution < 1.29 is 14.3 Å². The lowest BCUT2D eigenvalue weighted by atomic mass is 10.2. The van der Waals surface area contributed by atoms with Crippen LogP contribution in [0.1, 0.15) is 5.56 Å². The van der Waals surface area contributed by atoms with E-state index in [2.05, 4.69) is 5.32 Å². The SMILES string of the molecule is O=C1NC(=O)C(=Cc2ccccc2Oc2ccccc2)S1. The van der Waals surface area contributed by atoms with E-state index in [-0.39, 0.29) is 11.1 Å². The average Bonchev–Trinajstić information content (AvgIpc) is 2.80. The maximum atomic E-state index is 11.6. The smallest absolute Gasteiger partial charge is 0.290 e. The summed E-state index contributed by atoms with van der Waals surface area (Å²) >= 11 is 0.889. The molecule has 0 atom stereocenters. The van der Waals surface area contributed by atoms with Crippen LogP contribution in [0.2, 0.25) is 0 Å². The summed E-state index contributed by atoms with van der Waals surface area (Å²) in [6, 6.07) is 16.7. The molecule has 1 fully saturated rings. The van der Waals surface area contributed by atoms with Gasteiger partial charge in [-0.1, -0.05) is 36.4 Å². The predicted molar refractivity (Wildman–Crippen MR) is 82.1 cm³/mol. The highest BCUT2D eigenvalue weighted by molar-refractivity contribution is 8.18. The average molecular weight is 297 g/mol. The number of imide groups is 1.